The highest BCUT2D eigenvalue weighted by atomic mass is 16.6. The highest BCUT2D eigenvalue weighted by Gasteiger charge is 2.45. The second-order valence-corrected chi connectivity index (χ2v) is 5.25. The quantitative estimate of drug-likeness (QED) is 0.347. The molecule has 1 N–H and O–H groups in total. The van der Waals surface area contributed by atoms with Gasteiger partial charge in [-0.05, 0) is 26.7 Å². The number of carboxylic acid groups (broad SMARTS) is 1. The zero-order valence-corrected chi connectivity index (χ0v) is 12.3. The molecule has 0 aromatic carbocycles. The normalized spacial score (nSPS) is 24.2. The van der Waals surface area contributed by atoms with Crippen LogP contribution in [0.25, 0.3) is 0 Å². The number of rotatable bonds is 6. The number of hydrogen-bond donors (Lipinski definition) is 1. The lowest BCUT2D eigenvalue weighted by atomic mass is 9.70. The van der Waals surface area contributed by atoms with E-state index in [2.05, 4.69) is 6.58 Å². The van der Waals surface area contributed by atoms with Crippen LogP contribution in [0.5, 0.6) is 0 Å². The summed E-state index contributed by atoms with van der Waals surface area (Å²) in [5.74, 6) is -3.04. The maximum atomic E-state index is 12.0. The van der Waals surface area contributed by atoms with Gasteiger partial charge in [-0.1, -0.05) is 18.7 Å². The summed E-state index contributed by atoms with van der Waals surface area (Å²) in [6.07, 6.45) is 4.34. The number of carbonyl (C=O) groups excluding carboxylic acids is 2. The highest BCUT2D eigenvalue weighted by Crippen LogP contribution is 2.38. The van der Waals surface area contributed by atoms with Crippen molar-refractivity contribution in [2.24, 2.45) is 11.3 Å². The minimum absolute atomic E-state index is 0.0857. The molecule has 0 aromatic rings. The van der Waals surface area contributed by atoms with Crippen LogP contribution < -0.4 is 0 Å². The van der Waals surface area contributed by atoms with Crippen molar-refractivity contribution in [3.8, 4) is 0 Å². The van der Waals surface area contributed by atoms with Gasteiger partial charge in [0.25, 0.3) is 0 Å². The number of ether oxygens (including phenoxy) is 2. The average molecular weight is 296 g/mol. The highest BCUT2D eigenvalue weighted by molar-refractivity contribution is 5.87. The third kappa shape index (κ3) is 4.18. The summed E-state index contributed by atoms with van der Waals surface area (Å²) < 4.78 is 9.79. The van der Waals surface area contributed by atoms with Gasteiger partial charge in [0.05, 0.1) is 11.3 Å². The van der Waals surface area contributed by atoms with Crippen molar-refractivity contribution in [1.82, 2.24) is 0 Å². The van der Waals surface area contributed by atoms with E-state index in [1.807, 2.05) is 0 Å². The third-order valence-electron chi connectivity index (χ3n) is 3.50. The second-order valence-electron chi connectivity index (χ2n) is 5.25. The summed E-state index contributed by atoms with van der Waals surface area (Å²) in [5, 5.41) is 9.30. The minimum Gasteiger partial charge on any atom is -0.481 e. The summed E-state index contributed by atoms with van der Waals surface area (Å²) in [4.78, 5) is 34.5. The van der Waals surface area contributed by atoms with Gasteiger partial charge in [0.1, 0.15) is 13.2 Å². The van der Waals surface area contributed by atoms with Gasteiger partial charge < -0.3 is 14.6 Å². The molecular formula is C15H20O6. The van der Waals surface area contributed by atoms with Crippen LogP contribution in [0.1, 0.15) is 26.7 Å². The van der Waals surface area contributed by atoms with Gasteiger partial charge >= 0.3 is 17.9 Å². The molecule has 2 atom stereocenters. The van der Waals surface area contributed by atoms with Crippen LogP contribution >= 0.6 is 0 Å². The number of allylic oxidation sites excluding steroid dienone is 1. The molecule has 0 fully saturated rings. The van der Waals surface area contributed by atoms with E-state index in [1.54, 1.807) is 12.2 Å². The smallest absolute Gasteiger partial charge is 0.333 e. The number of aliphatic carboxylic acids is 1. The Labute approximate surface area is 123 Å². The van der Waals surface area contributed by atoms with Gasteiger partial charge in [0, 0.05) is 5.57 Å². The van der Waals surface area contributed by atoms with Gasteiger partial charge in [-0.25, -0.2) is 4.79 Å². The standard InChI is InChI=1S/C15H20O6/c1-10(2)12(16)20-8-9-21-13(17)11-6-4-5-7-15(11,3)14(18)19/h4,6,11H,1,5,7-9H2,2-3H3,(H,18,19). The Morgan fingerprint density at radius 3 is 2.52 bits per heavy atom. The van der Waals surface area contributed by atoms with Gasteiger partial charge in [0.2, 0.25) is 0 Å². The predicted octanol–water partition coefficient (Wildman–Crippen LogP) is 1.71. The molecule has 21 heavy (non-hydrogen) atoms. The Morgan fingerprint density at radius 2 is 1.95 bits per heavy atom. The molecule has 0 bridgehead atoms. The van der Waals surface area contributed by atoms with E-state index in [0.717, 1.165) is 0 Å². The average Bonchev–Trinajstić information content (AvgIpc) is 2.43. The summed E-state index contributed by atoms with van der Waals surface area (Å²) in [6.45, 7) is 6.27. The van der Waals surface area contributed by atoms with Crippen LogP contribution in [-0.4, -0.2) is 36.2 Å². The van der Waals surface area contributed by atoms with Crippen LogP contribution in [0.15, 0.2) is 24.3 Å². The molecule has 1 rings (SSSR count). The molecule has 116 valence electrons. The van der Waals surface area contributed by atoms with Crippen molar-refractivity contribution in [2.45, 2.75) is 26.7 Å². The minimum atomic E-state index is -1.17. The van der Waals surface area contributed by atoms with Crippen LogP contribution in [0, 0.1) is 11.3 Å². The Bertz CT molecular complexity index is 479. The van der Waals surface area contributed by atoms with Crippen LogP contribution in [0.2, 0.25) is 0 Å². The lowest BCUT2D eigenvalue weighted by molar-refractivity contribution is -0.164. The summed E-state index contributed by atoms with van der Waals surface area (Å²) in [5.41, 5.74) is -0.907. The van der Waals surface area contributed by atoms with Gasteiger partial charge in [-0.2, -0.15) is 0 Å². The fourth-order valence-electron chi connectivity index (χ4n) is 2.05. The fraction of sp³-hybridized carbons (Fsp3) is 0.533. The lowest BCUT2D eigenvalue weighted by Gasteiger charge is -2.32. The molecule has 0 spiro atoms. The van der Waals surface area contributed by atoms with E-state index < -0.39 is 29.2 Å². The molecule has 2 unspecified atom stereocenters. The first-order chi connectivity index (χ1) is 9.79. The van der Waals surface area contributed by atoms with Crippen molar-refractivity contribution in [2.75, 3.05) is 13.2 Å². The van der Waals surface area contributed by atoms with Crippen molar-refractivity contribution < 1.29 is 29.0 Å². The van der Waals surface area contributed by atoms with Crippen molar-refractivity contribution in [3.63, 3.8) is 0 Å². The topological polar surface area (TPSA) is 89.9 Å². The third-order valence-corrected chi connectivity index (χ3v) is 3.50. The van der Waals surface area contributed by atoms with E-state index in [-0.39, 0.29) is 18.8 Å². The first-order valence-corrected chi connectivity index (χ1v) is 6.68. The van der Waals surface area contributed by atoms with E-state index in [0.29, 0.717) is 12.8 Å². The summed E-state index contributed by atoms with van der Waals surface area (Å²) >= 11 is 0. The van der Waals surface area contributed by atoms with Crippen molar-refractivity contribution in [1.29, 1.82) is 0 Å². The zero-order valence-electron chi connectivity index (χ0n) is 12.3. The zero-order chi connectivity index (χ0) is 16.0. The molecule has 1 aliphatic carbocycles. The molecule has 0 saturated carbocycles. The van der Waals surface area contributed by atoms with E-state index >= 15 is 0 Å². The van der Waals surface area contributed by atoms with Crippen LogP contribution in [-0.2, 0) is 23.9 Å². The molecule has 1 aliphatic rings. The molecule has 0 amide bonds. The number of carboxylic acids is 1. The summed E-state index contributed by atoms with van der Waals surface area (Å²) in [7, 11) is 0. The number of esters is 2. The summed E-state index contributed by atoms with van der Waals surface area (Å²) in [6, 6.07) is 0. The van der Waals surface area contributed by atoms with Crippen LogP contribution in [0.3, 0.4) is 0 Å². The van der Waals surface area contributed by atoms with E-state index in [9.17, 15) is 19.5 Å². The molecular weight excluding hydrogens is 276 g/mol. The second kappa shape index (κ2) is 7.06. The number of carbonyl (C=O) groups is 3. The monoisotopic (exact) mass is 296 g/mol. The maximum absolute atomic E-state index is 12.0. The molecule has 6 heteroatoms. The largest absolute Gasteiger partial charge is 0.481 e. The SMILES string of the molecule is C=C(C)C(=O)OCCOC(=O)C1C=CCCC1(C)C(=O)O. The lowest BCUT2D eigenvalue weighted by Crippen LogP contribution is -2.41. The number of hydrogen-bond acceptors (Lipinski definition) is 5. The van der Waals surface area contributed by atoms with Crippen molar-refractivity contribution >= 4 is 17.9 Å². The van der Waals surface area contributed by atoms with Crippen molar-refractivity contribution in [3.05, 3.63) is 24.3 Å². The van der Waals surface area contributed by atoms with Gasteiger partial charge in [0.15, 0.2) is 0 Å². The Kier molecular flexibility index (Phi) is 5.69. The Hall–Kier alpha value is -2.11. The van der Waals surface area contributed by atoms with Gasteiger partial charge in [-0.3, -0.25) is 9.59 Å². The molecule has 0 aromatic heterocycles. The van der Waals surface area contributed by atoms with E-state index in [1.165, 1.54) is 13.8 Å². The maximum Gasteiger partial charge on any atom is 0.333 e. The fourth-order valence-corrected chi connectivity index (χ4v) is 2.05. The molecule has 0 heterocycles. The first-order valence-electron chi connectivity index (χ1n) is 6.68. The molecule has 0 aliphatic heterocycles. The van der Waals surface area contributed by atoms with Gasteiger partial charge in [-0.15, -0.1) is 0 Å². The predicted molar refractivity (Wildman–Crippen MR) is 74.3 cm³/mol. The Balaban J connectivity index is 2.52. The Morgan fingerprint density at radius 1 is 1.33 bits per heavy atom. The molecule has 0 radical (unpaired) electrons. The van der Waals surface area contributed by atoms with Crippen LogP contribution in [0.4, 0.5) is 0 Å². The van der Waals surface area contributed by atoms with E-state index in [4.69, 9.17) is 9.47 Å². The first kappa shape index (κ1) is 16.9. The molecule has 0 saturated heterocycles. The molecule has 6 nitrogen and oxygen atoms in total.